The van der Waals surface area contributed by atoms with Crippen LogP contribution in [0.5, 0.6) is 0 Å². The Morgan fingerprint density at radius 3 is 2.00 bits per heavy atom. The quantitative estimate of drug-likeness (QED) is 0.609. The van der Waals surface area contributed by atoms with Crippen LogP contribution in [0.1, 0.15) is 41.0 Å². The predicted molar refractivity (Wildman–Crippen MR) is 51.8 cm³/mol. The Morgan fingerprint density at radius 2 is 1.73 bits per heavy atom. The third-order valence-electron chi connectivity index (χ3n) is 2.16. The Bertz CT molecular complexity index is 102. The average Bonchev–Trinajstić information content (AvgIpc) is 1.82. The SMILES string of the molecule is CCN(C)C(C)CC(C)(C)C. The maximum atomic E-state index is 2.39. The first-order chi connectivity index (χ1) is 4.87. The summed E-state index contributed by atoms with van der Waals surface area (Å²) in [4.78, 5) is 2.39. The molecule has 0 aliphatic heterocycles. The van der Waals surface area contributed by atoms with Crippen molar-refractivity contribution < 1.29 is 0 Å². The van der Waals surface area contributed by atoms with Crippen molar-refractivity contribution in [1.82, 2.24) is 4.90 Å². The first-order valence-electron chi connectivity index (χ1n) is 4.57. The second-order valence-electron chi connectivity index (χ2n) is 4.69. The molecule has 1 nitrogen and oxygen atoms in total. The number of nitrogens with zero attached hydrogens (tertiary/aromatic N) is 1. The molecule has 68 valence electrons. The van der Waals surface area contributed by atoms with Crippen molar-refractivity contribution in [2.75, 3.05) is 13.6 Å². The molecule has 1 atom stereocenters. The summed E-state index contributed by atoms with van der Waals surface area (Å²) in [6.45, 7) is 12.6. The molecular weight excluding hydrogens is 134 g/mol. The number of rotatable bonds is 3. The summed E-state index contributed by atoms with van der Waals surface area (Å²) in [6, 6.07) is 0.708. The van der Waals surface area contributed by atoms with Crippen LogP contribution in [0.3, 0.4) is 0 Å². The molecule has 0 saturated heterocycles. The largest absolute Gasteiger partial charge is 0.304 e. The normalized spacial score (nSPS) is 15.5. The van der Waals surface area contributed by atoms with Crippen LogP contribution in [0, 0.1) is 5.41 Å². The summed E-state index contributed by atoms with van der Waals surface area (Å²) in [5.41, 5.74) is 0.461. The van der Waals surface area contributed by atoms with Crippen molar-refractivity contribution in [3.63, 3.8) is 0 Å². The smallest absolute Gasteiger partial charge is 0.00687 e. The van der Waals surface area contributed by atoms with Crippen LogP contribution < -0.4 is 0 Å². The zero-order valence-electron chi connectivity index (χ0n) is 8.94. The minimum Gasteiger partial charge on any atom is -0.304 e. The van der Waals surface area contributed by atoms with Gasteiger partial charge in [0.25, 0.3) is 0 Å². The van der Waals surface area contributed by atoms with E-state index in [0.29, 0.717) is 11.5 Å². The van der Waals surface area contributed by atoms with Crippen LogP contribution >= 0.6 is 0 Å². The number of hydrogen-bond donors (Lipinski definition) is 0. The molecular formula is C10H23N. The minimum absolute atomic E-state index is 0.461. The molecule has 0 fully saturated rings. The van der Waals surface area contributed by atoms with Crippen LogP contribution in [-0.4, -0.2) is 24.5 Å². The van der Waals surface area contributed by atoms with E-state index in [9.17, 15) is 0 Å². The first kappa shape index (κ1) is 11.0. The van der Waals surface area contributed by atoms with Gasteiger partial charge in [0, 0.05) is 6.04 Å². The van der Waals surface area contributed by atoms with Crippen molar-refractivity contribution >= 4 is 0 Å². The van der Waals surface area contributed by atoms with E-state index in [1.165, 1.54) is 6.42 Å². The van der Waals surface area contributed by atoms with Crippen LogP contribution in [0.2, 0.25) is 0 Å². The fourth-order valence-electron chi connectivity index (χ4n) is 1.35. The van der Waals surface area contributed by atoms with Crippen molar-refractivity contribution in [3.8, 4) is 0 Å². The van der Waals surface area contributed by atoms with E-state index in [-0.39, 0.29) is 0 Å². The first-order valence-corrected chi connectivity index (χ1v) is 4.57. The van der Waals surface area contributed by atoms with Gasteiger partial charge in [-0.3, -0.25) is 0 Å². The highest BCUT2D eigenvalue weighted by Crippen LogP contribution is 2.22. The highest BCUT2D eigenvalue weighted by molar-refractivity contribution is 4.71. The average molecular weight is 157 g/mol. The van der Waals surface area contributed by atoms with Gasteiger partial charge in [-0.2, -0.15) is 0 Å². The van der Waals surface area contributed by atoms with Crippen LogP contribution in [0.25, 0.3) is 0 Å². The maximum Gasteiger partial charge on any atom is 0.00687 e. The summed E-state index contributed by atoms with van der Waals surface area (Å²) in [6.07, 6.45) is 1.28. The van der Waals surface area contributed by atoms with Gasteiger partial charge in [0.15, 0.2) is 0 Å². The summed E-state index contributed by atoms with van der Waals surface area (Å²) >= 11 is 0. The zero-order chi connectivity index (χ0) is 9.07. The fourth-order valence-corrected chi connectivity index (χ4v) is 1.35. The van der Waals surface area contributed by atoms with Gasteiger partial charge in [-0.25, -0.2) is 0 Å². The van der Waals surface area contributed by atoms with Crippen molar-refractivity contribution in [1.29, 1.82) is 0 Å². The van der Waals surface area contributed by atoms with E-state index in [4.69, 9.17) is 0 Å². The molecule has 0 aromatic rings. The Balaban J connectivity index is 3.77. The lowest BCUT2D eigenvalue weighted by Gasteiger charge is -2.29. The van der Waals surface area contributed by atoms with Crippen molar-refractivity contribution in [2.45, 2.75) is 47.1 Å². The van der Waals surface area contributed by atoms with E-state index < -0.39 is 0 Å². The van der Waals surface area contributed by atoms with E-state index in [0.717, 1.165) is 6.54 Å². The topological polar surface area (TPSA) is 3.24 Å². The lowest BCUT2D eigenvalue weighted by molar-refractivity contribution is 0.200. The Hall–Kier alpha value is -0.0400. The summed E-state index contributed by atoms with van der Waals surface area (Å²) in [5.74, 6) is 0. The molecule has 0 aromatic carbocycles. The lowest BCUT2D eigenvalue weighted by Crippen LogP contribution is -2.32. The molecule has 0 rings (SSSR count). The second kappa shape index (κ2) is 4.10. The van der Waals surface area contributed by atoms with Gasteiger partial charge in [-0.1, -0.05) is 27.7 Å². The van der Waals surface area contributed by atoms with E-state index in [2.05, 4.69) is 46.6 Å². The Labute approximate surface area is 71.8 Å². The Morgan fingerprint density at radius 1 is 1.27 bits per heavy atom. The second-order valence-corrected chi connectivity index (χ2v) is 4.69. The van der Waals surface area contributed by atoms with E-state index in [1.54, 1.807) is 0 Å². The third kappa shape index (κ3) is 5.25. The third-order valence-corrected chi connectivity index (χ3v) is 2.16. The zero-order valence-corrected chi connectivity index (χ0v) is 8.94. The molecule has 0 aromatic heterocycles. The monoisotopic (exact) mass is 157 g/mol. The van der Waals surface area contributed by atoms with E-state index >= 15 is 0 Å². The highest BCUT2D eigenvalue weighted by Gasteiger charge is 2.16. The summed E-state index contributed by atoms with van der Waals surface area (Å²) < 4.78 is 0. The van der Waals surface area contributed by atoms with Crippen molar-refractivity contribution in [2.24, 2.45) is 5.41 Å². The van der Waals surface area contributed by atoms with Gasteiger partial charge < -0.3 is 4.90 Å². The van der Waals surface area contributed by atoms with Gasteiger partial charge in [-0.05, 0) is 32.4 Å². The van der Waals surface area contributed by atoms with Gasteiger partial charge in [0.2, 0.25) is 0 Å². The molecule has 0 saturated carbocycles. The molecule has 0 aliphatic rings. The fraction of sp³-hybridized carbons (Fsp3) is 1.00. The molecule has 1 unspecified atom stereocenters. The molecule has 0 heterocycles. The molecule has 0 N–H and O–H groups in total. The van der Waals surface area contributed by atoms with E-state index in [1.807, 2.05) is 0 Å². The van der Waals surface area contributed by atoms with Gasteiger partial charge in [-0.15, -0.1) is 0 Å². The standard InChI is InChI=1S/C10H23N/c1-7-11(6)9(2)8-10(3,4)5/h9H,7-8H2,1-6H3. The minimum atomic E-state index is 0.461. The summed E-state index contributed by atoms with van der Waals surface area (Å²) in [5, 5.41) is 0. The van der Waals surface area contributed by atoms with Gasteiger partial charge in [0.1, 0.15) is 0 Å². The molecule has 0 spiro atoms. The predicted octanol–water partition coefficient (Wildman–Crippen LogP) is 2.76. The van der Waals surface area contributed by atoms with Crippen LogP contribution in [-0.2, 0) is 0 Å². The number of hydrogen-bond acceptors (Lipinski definition) is 1. The summed E-state index contributed by atoms with van der Waals surface area (Å²) in [7, 11) is 2.19. The molecule has 1 heteroatoms. The molecule has 0 radical (unpaired) electrons. The van der Waals surface area contributed by atoms with Crippen LogP contribution in [0.15, 0.2) is 0 Å². The molecule has 11 heavy (non-hydrogen) atoms. The highest BCUT2D eigenvalue weighted by atomic mass is 15.1. The van der Waals surface area contributed by atoms with Crippen LogP contribution in [0.4, 0.5) is 0 Å². The molecule has 0 aliphatic carbocycles. The van der Waals surface area contributed by atoms with Gasteiger partial charge in [0.05, 0.1) is 0 Å². The molecule has 0 amide bonds. The van der Waals surface area contributed by atoms with Crippen molar-refractivity contribution in [3.05, 3.63) is 0 Å². The maximum absolute atomic E-state index is 2.39. The molecule has 0 bridgehead atoms. The lowest BCUT2D eigenvalue weighted by atomic mass is 9.88. The Kier molecular flexibility index (Phi) is 4.09. The van der Waals surface area contributed by atoms with Gasteiger partial charge >= 0.3 is 0 Å².